The van der Waals surface area contributed by atoms with Gasteiger partial charge in [0.05, 0.1) is 6.10 Å². The zero-order valence-electron chi connectivity index (χ0n) is 10.3. The van der Waals surface area contributed by atoms with Crippen LogP contribution in [0.15, 0.2) is 22.7 Å². The molecule has 2 rings (SSSR count). The third kappa shape index (κ3) is 2.83. The molecule has 1 aliphatic rings. The predicted molar refractivity (Wildman–Crippen MR) is 72.2 cm³/mol. The summed E-state index contributed by atoms with van der Waals surface area (Å²) < 4.78 is 7.00. The summed E-state index contributed by atoms with van der Waals surface area (Å²) in [6.07, 6.45) is 2.74. The van der Waals surface area contributed by atoms with Crippen molar-refractivity contribution < 1.29 is 9.84 Å². The number of aliphatic hydroxyl groups excluding tert-OH is 1. The summed E-state index contributed by atoms with van der Waals surface area (Å²) >= 11 is 3.44. The number of benzene rings is 1. The fourth-order valence-electron chi connectivity index (χ4n) is 2.43. The molecule has 1 heterocycles. The number of hydrogen-bond acceptors (Lipinski definition) is 2. The molecule has 17 heavy (non-hydrogen) atoms. The third-order valence-electron chi connectivity index (χ3n) is 3.45. The van der Waals surface area contributed by atoms with E-state index in [1.807, 2.05) is 18.2 Å². The molecule has 1 aromatic carbocycles. The smallest absolute Gasteiger partial charge is 0.126 e. The van der Waals surface area contributed by atoms with Gasteiger partial charge in [0.25, 0.3) is 0 Å². The highest BCUT2D eigenvalue weighted by atomic mass is 79.9. The maximum Gasteiger partial charge on any atom is 0.126 e. The summed E-state index contributed by atoms with van der Waals surface area (Å²) in [6, 6.07) is 5.83. The number of halogens is 1. The molecule has 1 aliphatic heterocycles. The zero-order valence-corrected chi connectivity index (χ0v) is 11.9. The molecule has 0 bridgehead atoms. The molecule has 3 unspecified atom stereocenters. The molecule has 1 N–H and O–H groups in total. The van der Waals surface area contributed by atoms with Crippen molar-refractivity contribution in [2.45, 2.75) is 45.3 Å². The highest BCUT2D eigenvalue weighted by Crippen LogP contribution is 2.38. The van der Waals surface area contributed by atoms with Crippen molar-refractivity contribution in [2.24, 2.45) is 5.92 Å². The predicted octanol–water partition coefficient (Wildman–Crippen LogP) is 4.07. The van der Waals surface area contributed by atoms with E-state index in [9.17, 15) is 5.11 Å². The van der Waals surface area contributed by atoms with E-state index >= 15 is 0 Å². The van der Waals surface area contributed by atoms with Crippen molar-refractivity contribution in [3.63, 3.8) is 0 Å². The van der Waals surface area contributed by atoms with Crippen molar-refractivity contribution in [2.75, 3.05) is 0 Å². The Labute approximate surface area is 111 Å². The lowest BCUT2D eigenvalue weighted by molar-refractivity contribution is 0.0361. The first-order valence-corrected chi connectivity index (χ1v) is 7.05. The maximum atomic E-state index is 10.1. The van der Waals surface area contributed by atoms with E-state index in [2.05, 4.69) is 29.8 Å². The molecule has 0 aliphatic carbocycles. The Hall–Kier alpha value is -0.540. The lowest BCUT2D eigenvalue weighted by atomic mass is 9.90. The molecule has 0 saturated heterocycles. The Kier molecular flexibility index (Phi) is 4.10. The highest BCUT2D eigenvalue weighted by molar-refractivity contribution is 9.10. The molecule has 94 valence electrons. The Morgan fingerprint density at radius 3 is 3.00 bits per heavy atom. The van der Waals surface area contributed by atoms with Crippen molar-refractivity contribution in [3.8, 4) is 5.75 Å². The summed E-state index contributed by atoms with van der Waals surface area (Å²) in [4.78, 5) is 0. The molecule has 1 aromatic rings. The van der Waals surface area contributed by atoms with Crippen LogP contribution < -0.4 is 4.74 Å². The molecule has 0 saturated carbocycles. The Morgan fingerprint density at radius 2 is 2.29 bits per heavy atom. The molecule has 2 nitrogen and oxygen atoms in total. The average molecular weight is 299 g/mol. The Morgan fingerprint density at radius 1 is 1.53 bits per heavy atom. The molecule has 0 spiro atoms. The standard InChI is InChI=1S/C14H19BrO2/c1-3-4-9(2)13-8-12(16)11-6-5-10(15)7-14(11)17-13/h5-7,9,12-13,16H,3-4,8H2,1-2H3. The van der Waals surface area contributed by atoms with E-state index in [0.29, 0.717) is 12.3 Å². The average Bonchev–Trinajstić information content (AvgIpc) is 2.28. The van der Waals surface area contributed by atoms with E-state index in [1.165, 1.54) is 0 Å². The lowest BCUT2D eigenvalue weighted by Crippen LogP contribution is -2.31. The van der Waals surface area contributed by atoms with Gasteiger partial charge in [-0.3, -0.25) is 0 Å². The quantitative estimate of drug-likeness (QED) is 0.911. The van der Waals surface area contributed by atoms with E-state index < -0.39 is 6.10 Å². The molecule has 0 fully saturated rings. The molecular formula is C14H19BrO2. The van der Waals surface area contributed by atoms with Crippen LogP contribution in [-0.4, -0.2) is 11.2 Å². The summed E-state index contributed by atoms with van der Waals surface area (Å²) in [6.45, 7) is 4.38. The minimum absolute atomic E-state index is 0.131. The van der Waals surface area contributed by atoms with Gasteiger partial charge in [-0.15, -0.1) is 0 Å². The van der Waals surface area contributed by atoms with Crippen molar-refractivity contribution in [1.29, 1.82) is 0 Å². The number of ether oxygens (including phenoxy) is 1. The van der Waals surface area contributed by atoms with Crippen LogP contribution in [0.5, 0.6) is 5.75 Å². The number of hydrogen-bond donors (Lipinski definition) is 1. The third-order valence-corrected chi connectivity index (χ3v) is 3.94. The van der Waals surface area contributed by atoms with Crippen LogP contribution >= 0.6 is 15.9 Å². The first kappa shape index (κ1) is 12.9. The van der Waals surface area contributed by atoms with Crippen molar-refractivity contribution >= 4 is 15.9 Å². The molecule has 0 aromatic heterocycles. The second-order valence-electron chi connectivity index (χ2n) is 4.86. The van der Waals surface area contributed by atoms with E-state index in [4.69, 9.17) is 4.74 Å². The van der Waals surface area contributed by atoms with Crippen molar-refractivity contribution in [3.05, 3.63) is 28.2 Å². The fourth-order valence-corrected chi connectivity index (χ4v) is 2.77. The van der Waals surface area contributed by atoms with Gasteiger partial charge in [-0.05, 0) is 24.5 Å². The van der Waals surface area contributed by atoms with Crippen LogP contribution in [0, 0.1) is 5.92 Å². The van der Waals surface area contributed by atoms with Crippen LogP contribution in [0.3, 0.4) is 0 Å². The zero-order chi connectivity index (χ0) is 12.4. The van der Waals surface area contributed by atoms with Gasteiger partial charge in [-0.2, -0.15) is 0 Å². The SMILES string of the molecule is CCCC(C)C1CC(O)c2ccc(Br)cc2O1. The number of rotatable bonds is 3. The highest BCUT2D eigenvalue weighted by Gasteiger charge is 2.30. The van der Waals surface area contributed by atoms with E-state index in [1.54, 1.807) is 0 Å². The van der Waals surface area contributed by atoms with Crippen LogP contribution in [-0.2, 0) is 0 Å². The van der Waals surface area contributed by atoms with Gasteiger partial charge >= 0.3 is 0 Å². The van der Waals surface area contributed by atoms with Gasteiger partial charge < -0.3 is 9.84 Å². The molecule has 0 amide bonds. The van der Waals surface area contributed by atoms with Gasteiger partial charge in [-0.1, -0.05) is 42.3 Å². The molecule has 3 heteroatoms. The Bertz CT molecular complexity index is 392. The molecule has 0 radical (unpaired) electrons. The largest absolute Gasteiger partial charge is 0.490 e. The minimum atomic E-state index is -0.392. The topological polar surface area (TPSA) is 29.5 Å². The van der Waals surface area contributed by atoms with Crippen LogP contribution in [0.4, 0.5) is 0 Å². The van der Waals surface area contributed by atoms with Gasteiger partial charge in [0.2, 0.25) is 0 Å². The second kappa shape index (κ2) is 5.40. The Balaban J connectivity index is 2.19. The monoisotopic (exact) mass is 298 g/mol. The van der Waals surface area contributed by atoms with Crippen LogP contribution in [0.25, 0.3) is 0 Å². The van der Waals surface area contributed by atoms with Gasteiger partial charge in [0, 0.05) is 16.5 Å². The normalized spacial score (nSPS) is 24.9. The first-order chi connectivity index (χ1) is 8.11. The number of fused-ring (bicyclic) bond motifs is 1. The maximum absolute atomic E-state index is 10.1. The summed E-state index contributed by atoms with van der Waals surface area (Å²) in [5, 5.41) is 10.1. The second-order valence-corrected chi connectivity index (χ2v) is 5.77. The summed E-state index contributed by atoms with van der Waals surface area (Å²) in [5.41, 5.74) is 0.910. The molecule has 3 atom stereocenters. The minimum Gasteiger partial charge on any atom is -0.490 e. The number of aliphatic hydroxyl groups is 1. The van der Waals surface area contributed by atoms with E-state index in [0.717, 1.165) is 28.6 Å². The van der Waals surface area contributed by atoms with Gasteiger partial charge in [-0.25, -0.2) is 0 Å². The molecular weight excluding hydrogens is 280 g/mol. The lowest BCUT2D eigenvalue weighted by Gasteiger charge is -2.33. The van der Waals surface area contributed by atoms with Gasteiger partial charge in [0.15, 0.2) is 0 Å². The van der Waals surface area contributed by atoms with Crippen molar-refractivity contribution in [1.82, 2.24) is 0 Å². The van der Waals surface area contributed by atoms with E-state index in [-0.39, 0.29) is 6.10 Å². The summed E-state index contributed by atoms with van der Waals surface area (Å²) in [5.74, 6) is 1.31. The summed E-state index contributed by atoms with van der Waals surface area (Å²) in [7, 11) is 0. The van der Waals surface area contributed by atoms with Crippen LogP contribution in [0.1, 0.15) is 44.8 Å². The fraction of sp³-hybridized carbons (Fsp3) is 0.571. The first-order valence-electron chi connectivity index (χ1n) is 6.26. The van der Waals surface area contributed by atoms with Gasteiger partial charge in [0.1, 0.15) is 11.9 Å². The van der Waals surface area contributed by atoms with Crippen LogP contribution in [0.2, 0.25) is 0 Å².